The van der Waals surface area contributed by atoms with E-state index in [0.717, 1.165) is 18.8 Å². The van der Waals surface area contributed by atoms with Crippen LogP contribution < -0.4 is 10.2 Å². The van der Waals surface area contributed by atoms with Crippen molar-refractivity contribution in [3.05, 3.63) is 29.8 Å². The van der Waals surface area contributed by atoms with Crippen molar-refractivity contribution in [2.45, 2.75) is 13.8 Å². The van der Waals surface area contributed by atoms with Crippen LogP contribution in [0.1, 0.15) is 12.5 Å². The van der Waals surface area contributed by atoms with Gasteiger partial charge in [-0.3, -0.25) is 4.79 Å². The Morgan fingerprint density at radius 1 is 1.29 bits per heavy atom. The molecule has 3 nitrogen and oxygen atoms in total. The fourth-order valence-electron chi connectivity index (χ4n) is 2.28. The molecule has 1 aliphatic heterocycles. The molecule has 1 aliphatic rings. The van der Waals surface area contributed by atoms with Crippen molar-refractivity contribution in [1.82, 2.24) is 5.32 Å². The van der Waals surface area contributed by atoms with Gasteiger partial charge in [0.2, 0.25) is 5.91 Å². The lowest BCUT2D eigenvalue weighted by Gasteiger charge is -2.23. The monoisotopic (exact) mass is 232 g/mol. The Kier molecular flexibility index (Phi) is 3.48. The normalized spacial score (nSPS) is 23.7. The first-order valence-corrected chi connectivity index (χ1v) is 6.14. The molecule has 0 aliphatic carbocycles. The van der Waals surface area contributed by atoms with E-state index in [4.69, 9.17) is 0 Å². The van der Waals surface area contributed by atoms with E-state index in [-0.39, 0.29) is 11.8 Å². The SMILES string of the molecule is Cc1ccc(N(C)C(=O)C2CNCC2C)cc1. The molecule has 17 heavy (non-hydrogen) atoms. The number of aryl methyl sites for hydroxylation is 1. The van der Waals surface area contributed by atoms with E-state index >= 15 is 0 Å². The molecule has 1 amide bonds. The molecule has 0 spiro atoms. The average Bonchev–Trinajstić information content (AvgIpc) is 2.74. The van der Waals surface area contributed by atoms with Gasteiger partial charge in [-0.15, -0.1) is 0 Å². The van der Waals surface area contributed by atoms with Gasteiger partial charge in [0.15, 0.2) is 0 Å². The summed E-state index contributed by atoms with van der Waals surface area (Å²) in [5.41, 5.74) is 2.19. The Bertz CT molecular complexity index is 399. The van der Waals surface area contributed by atoms with Crippen molar-refractivity contribution in [3.63, 3.8) is 0 Å². The number of nitrogens with zero attached hydrogens (tertiary/aromatic N) is 1. The minimum absolute atomic E-state index is 0.112. The third kappa shape index (κ3) is 2.50. The van der Waals surface area contributed by atoms with Crippen LogP contribution in [0, 0.1) is 18.8 Å². The van der Waals surface area contributed by atoms with Crippen LogP contribution >= 0.6 is 0 Å². The summed E-state index contributed by atoms with van der Waals surface area (Å²) in [6, 6.07) is 8.07. The maximum Gasteiger partial charge on any atom is 0.231 e. The first-order chi connectivity index (χ1) is 8.09. The topological polar surface area (TPSA) is 32.3 Å². The van der Waals surface area contributed by atoms with Gasteiger partial charge in [0.05, 0.1) is 5.92 Å². The molecule has 3 heteroatoms. The van der Waals surface area contributed by atoms with Crippen molar-refractivity contribution in [1.29, 1.82) is 0 Å². The number of hydrogen-bond acceptors (Lipinski definition) is 2. The smallest absolute Gasteiger partial charge is 0.231 e. The summed E-state index contributed by atoms with van der Waals surface area (Å²) < 4.78 is 0. The summed E-state index contributed by atoms with van der Waals surface area (Å²) >= 11 is 0. The molecule has 1 heterocycles. The molecule has 0 saturated carbocycles. The molecule has 1 N–H and O–H groups in total. The molecular weight excluding hydrogens is 212 g/mol. The first-order valence-electron chi connectivity index (χ1n) is 6.14. The van der Waals surface area contributed by atoms with Crippen molar-refractivity contribution in [2.75, 3.05) is 25.0 Å². The number of benzene rings is 1. The predicted molar refractivity (Wildman–Crippen MR) is 70.1 cm³/mol. The molecule has 1 fully saturated rings. The number of rotatable bonds is 2. The van der Waals surface area contributed by atoms with Gasteiger partial charge >= 0.3 is 0 Å². The van der Waals surface area contributed by atoms with E-state index in [1.165, 1.54) is 5.56 Å². The fraction of sp³-hybridized carbons (Fsp3) is 0.500. The molecule has 2 unspecified atom stereocenters. The molecule has 2 atom stereocenters. The number of carbonyl (C=O) groups excluding carboxylic acids is 1. The Balaban J connectivity index is 2.11. The Labute approximate surface area is 103 Å². The highest BCUT2D eigenvalue weighted by Gasteiger charge is 2.31. The summed E-state index contributed by atoms with van der Waals surface area (Å²) in [7, 11) is 1.86. The second-order valence-electron chi connectivity index (χ2n) is 4.97. The predicted octanol–water partition coefficient (Wildman–Crippen LogP) is 1.81. The van der Waals surface area contributed by atoms with Crippen LogP contribution in [0.15, 0.2) is 24.3 Å². The van der Waals surface area contributed by atoms with Gasteiger partial charge in [0.1, 0.15) is 0 Å². The highest BCUT2D eigenvalue weighted by molar-refractivity contribution is 5.95. The van der Waals surface area contributed by atoms with Crippen LogP contribution in [-0.2, 0) is 4.79 Å². The molecule has 0 radical (unpaired) electrons. The number of carbonyl (C=O) groups is 1. The molecule has 0 bridgehead atoms. The quantitative estimate of drug-likeness (QED) is 0.843. The van der Waals surface area contributed by atoms with E-state index in [2.05, 4.69) is 19.2 Å². The van der Waals surface area contributed by atoms with Crippen LogP contribution in [-0.4, -0.2) is 26.0 Å². The highest BCUT2D eigenvalue weighted by atomic mass is 16.2. The standard InChI is InChI=1S/C14H20N2O/c1-10-4-6-12(7-5-10)16(3)14(17)13-9-15-8-11(13)2/h4-7,11,13,15H,8-9H2,1-3H3. The summed E-state index contributed by atoms with van der Waals surface area (Å²) in [5.74, 6) is 0.753. The lowest BCUT2D eigenvalue weighted by atomic mass is 9.96. The van der Waals surface area contributed by atoms with E-state index in [0.29, 0.717) is 5.92 Å². The summed E-state index contributed by atoms with van der Waals surface area (Å²) in [6.45, 7) is 5.93. The number of amides is 1. The second kappa shape index (κ2) is 4.88. The van der Waals surface area contributed by atoms with Gasteiger partial charge in [0.25, 0.3) is 0 Å². The van der Waals surface area contributed by atoms with E-state index in [1.54, 1.807) is 4.90 Å². The Morgan fingerprint density at radius 3 is 2.47 bits per heavy atom. The molecular formula is C14H20N2O. The largest absolute Gasteiger partial charge is 0.316 e. The van der Waals surface area contributed by atoms with Gasteiger partial charge in [-0.2, -0.15) is 0 Å². The van der Waals surface area contributed by atoms with Crippen LogP contribution in [0.4, 0.5) is 5.69 Å². The lowest BCUT2D eigenvalue weighted by Crippen LogP contribution is -2.36. The molecule has 0 aromatic heterocycles. The Hall–Kier alpha value is -1.35. The second-order valence-corrected chi connectivity index (χ2v) is 4.97. The Morgan fingerprint density at radius 2 is 1.94 bits per heavy atom. The zero-order valence-corrected chi connectivity index (χ0v) is 10.7. The third-order valence-corrected chi connectivity index (χ3v) is 3.59. The number of anilines is 1. The van der Waals surface area contributed by atoms with Crippen molar-refractivity contribution in [2.24, 2.45) is 11.8 Å². The van der Waals surface area contributed by atoms with E-state index in [1.807, 2.05) is 31.3 Å². The number of nitrogens with one attached hydrogen (secondary N) is 1. The summed E-state index contributed by atoms with van der Waals surface area (Å²) in [4.78, 5) is 14.1. The first kappa shape index (κ1) is 12.1. The van der Waals surface area contributed by atoms with Gasteiger partial charge < -0.3 is 10.2 Å². The minimum atomic E-state index is 0.112. The molecule has 1 aromatic rings. The molecule has 92 valence electrons. The molecule has 1 aromatic carbocycles. The summed E-state index contributed by atoms with van der Waals surface area (Å²) in [6.07, 6.45) is 0. The average molecular weight is 232 g/mol. The van der Waals surface area contributed by atoms with Crippen molar-refractivity contribution >= 4 is 11.6 Å². The maximum atomic E-state index is 12.3. The van der Waals surface area contributed by atoms with Crippen LogP contribution in [0.2, 0.25) is 0 Å². The highest BCUT2D eigenvalue weighted by Crippen LogP contribution is 2.22. The number of hydrogen-bond donors (Lipinski definition) is 1. The lowest BCUT2D eigenvalue weighted by molar-refractivity contribution is -0.122. The van der Waals surface area contributed by atoms with Gasteiger partial charge in [-0.1, -0.05) is 24.6 Å². The van der Waals surface area contributed by atoms with Crippen LogP contribution in [0.25, 0.3) is 0 Å². The fourth-order valence-corrected chi connectivity index (χ4v) is 2.28. The van der Waals surface area contributed by atoms with Gasteiger partial charge in [0, 0.05) is 19.3 Å². The van der Waals surface area contributed by atoms with Crippen molar-refractivity contribution < 1.29 is 4.79 Å². The molecule has 2 rings (SSSR count). The molecule has 1 saturated heterocycles. The minimum Gasteiger partial charge on any atom is -0.316 e. The summed E-state index contributed by atoms with van der Waals surface area (Å²) in [5, 5.41) is 3.27. The van der Waals surface area contributed by atoms with Crippen LogP contribution in [0.3, 0.4) is 0 Å². The van der Waals surface area contributed by atoms with E-state index < -0.39 is 0 Å². The van der Waals surface area contributed by atoms with Gasteiger partial charge in [-0.05, 0) is 31.5 Å². The zero-order chi connectivity index (χ0) is 12.4. The van der Waals surface area contributed by atoms with Crippen molar-refractivity contribution in [3.8, 4) is 0 Å². The zero-order valence-electron chi connectivity index (χ0n) is 10.7. The van der Waals surface area contributed by atoms with Crippen LogP contribution in [0.5, 0.6) is 0 Å². The maximum absolute atomic E-state index is 12.3. The third-order valence-electron chi connectivity index (χ3n) is 3.59. The van der Waals surface area contributed by atoms with Gasteiger partial charge in [-0.25, -0.2) is 0 Å². The van der Waals surface area contributed by atoms with E-state index in [9.17, 15) is 4.79 Å².